The first-order valence-electron chi connectivity index (χ1n) is 10.5. The van der Waals surface area contributed by atoms with Crippen molar-refractivity contribution in [3.8, 4) is 0 Å². The number of rotatable bonds is 7. The first-order chi connectivity index (χ1) is 16.4. The number of para-hydroxylation sites is 1. The van der Waals surface area contributed by atoms with Gasteiger partial charge in [0.25, 0.3) is 11.6 Å². The van der Waals surface area contributed by atoms with Crippen LogP contribution in [0.4, 0.5) is 11.4 Å². The maximum absolute atomic E-state index is 12.8. The Kier molecular flexibility index (Phi) is 7.43. The molecule has 9 nitrogen and oxygen atoms in total. The normalized spacial score (nSPS) is 13.6. The molecule has 2 aromatic carbocycles. The second kappa shape index (κ2) is 10.7. The largest absolute Gasteiger partial charge is 0.452 e. The molecule has 0 unspecified atom stereocenters. The third-order valence-corrected chi connectivity index (χ3v) is 7.40. The molecule has 11 heteroatoms. The number of piperazine rings is 1. The van der Waals surface area contributed by atoms with Gasteiger partial charge in [0.1, 0.15) is 0 Å². The highest BCUT2D eigenvalue weighted by atomic mass is 32.2. The molecule has 2 heterocycles. The SMILES string of the molecule is Cc1csc(Sc2ccc([N+](=O)[O-])cc2C(=O)OCC(=O)N2CCN(c3ccccc3)CC2)n1. The lowest BCUT2D eigenvalue weighted by Crippen LogP contribution is -2.49. The minimum atomic E-state index is -0.782. The number of esters is 1. The van der Waals surface area contributed by atoms with Crippen LogP contribution >= 0.6 is 23.1 Å². The summed E-state index contributed by atoms with van der Waals surface area (Å²) < 4.78 is 5.98. The average Bonchev–Trinajstić information content (AvgIpc) is 3.27. The van der Waals surface area contributed by atoms with Crippen LogP contribution in [0.5, 0.6) is 0 Å². The number of hydrogen-bond acceptors (Lipinski definition) is 9. The van der Waals surface area contributed by atoms with Gasteiger partial charge in [0.2, 0.25) is 0 Å². The van der Waals surface area contributed by atoms with Gasteiger partial charge in [-0.15, -0.1) is 11.3 Å². The van der Waals surface area contributed by atoms with E-state index in [-0.39, 0.29) is 17.2 Å². The summed E-state index contributed by atoms with van der Waals surface area (Å²) in [5, 5.41) is 13.1. The highest BCUT2D eigenvalue weighted by Crippen LogP contribution is 2.34. The van der Waals surface area contributed by atoms with E-state index in [1.807, 2.05) is 42.6 Å². The van der Waals surface area contributed by atoms with Gasteiger partial charge < -0.3 is 14.5 Å². The van der Waals surface area contributed by atoms with Crippen LogP contribution in [0.3, 0.4) is 0 Å². The molecule has 176 valence electrons. The zero-order valence-corrected chi connectivity index (χ0v) is 20.0. The lowest BCUT2D eigenvalue weighted by atomic mass is 10.2. The fourth-order valence-corrected chi connectivity index (χ4v) is 5.40. The van der Waals surface area contributed by atoms with Crippen molar-refractivity contribution in [2.45, 2.75) is 16.2 Å². The predicted molar refractivity (Wildman–Crippen MR) is 130 cm³/mol. The molecular weight excluding hydrogens is 476 g/mol. The van der Waals surface area contributed by atoms with Gasteiger partial charge in [-0.05, 0) is 25.1 Å². The predicted octanol–water partition coefficient (Wildman–Crippen LogP) is 4.02. The number of hydrogen-bond donors (Lipinski definition) is 0. The Balaban J connectivity index is 1.38. The summed E-state index contributed by atoms with van der Waals surface area (Å²) in [5.74, 6) is -1.08. The Bertz CT molecular complexity index is 1190. The minimum absolute atomic E-state index is 0.0359. The number of anilines is 1. The maximum atomic E-state index is 12.8. The Labute approximate surface area is 204 Å². The number of amides is 1. The number of carbonyl (C=O) groups is 2. The van der Waals surface area contributed by atoms with Crippen LogP contribution in [-0.4, -0.2) is 59.5 Å². The van der Waals surface area contributed by atoms with Gasteiger partial charge >= 0.3 is 5.97 Å². The second-order valence-electron chi connectivity index (χ2n) is 7.57. The number of aryl methyl sites for hydroxylation is 1. The standard InChI is InChI=1S/C23H22N4O5S2/c1-16-15-33-23(24-16)34-20-8-7-18(27(30)31)13-19(20)22(29)32-14-21(28)26-11-9-25(10-12-26)17-5-3-2-4-6-17/h2-8,13,15H,9-12,14H2,1H3. The van der Waals surface area contributed by atoms with E-state index in [9.17, 15) is 19.7 Å². The van der Waals surface area contributed by atoms with Crippen LogP contribution in [0.15, 0.2) is 63.1 Å². The van der Waals surface area contributed by atoms with Crippen molar-refractivity contribution < 1.29 is 19.2 Å². The Hall–Kier alpha value is -3.44. The summed E-state index contributed by atoms with van der Waals surface area (Å²) in [6.45, 7) is 3.84. The summed E-state index contributed by atoms with van der Waals surface area (Å²) in [6.07, 6.45) is 0. The first kappa shape index (κ1) is 23.7. The van der Waals surface area contributed by atoms with Crippen LogP contribution < -0.4 is 4.90 Å². The van der Waals surface area contributed by atoms with E-state index >= 15 is 0 Å². The fraction of sp³-hybridized carbons (Fsp3) is 0.261. The highest BCUT2D eigenvalue weighted by molar-refractivity contribution is 8.01. The van der Waals surface area contributed by atoms with Crippen molar-refractivity contribution in [2.24, 2.45) is 0 Å². The zero-order valence-electron chi connectivity index (χ0n) is 18.4. The number of non-ortho nitro benzene ring substituents is 1. The van der Waals surface area contributed by atoms with Gasteiger partial charge in [-0.2, -0.15) is 0 Å². The van der Waals surface area contributed by atoms with Gasteiger partial charge in [0.15, 0.2) is 10.9 Å². The van der Waals surface area contributed by atoms with Crippen LogP contribution in [-0.2, 0) is 9.53 Å². The number of aromatic nitrogens is 1. The lowest BCUT2D eigenvalue weighted by molar-refractivity contribution is -0.384. The number of nitrogens with zero attached hydrogens (tertiary/aromatic N) is 4. The zero-order chi connectivity index (χ0) is 24.1. The van der Waals surface area contributed by atoms with E-state index in [0.29, 0.717) is 35.4 Å². The molecule has 0 bridgehead atoms. The van der Waals surface area contributed by atoms with Crippen molar-refractivity contribution >= 4 is 46.3 Å². The number of nitro benzene ring substituents is 1. The van der Waals surface area contributed by atoms with Crippen LogP contribution in [0.25, 0.3) is 0 Å². The highest BCUT2D eigenvalue weighted by Gasteiger charge is 2.24. The molecule has 1 aliphatic heterocycles. The van der Waals surface area contributed by atoms with Crippen LogP contribution in [0.2, 0.25) is 0 Å². The van der Waals surface area contributed by atoms with Gasteiger partial charge in [-0.25, -0.2) is 9.78 Å². The smallest absolute Gasteiger partial charge is 0.340 e. The van der Waals surface area contributed by atoms with E-state index in [2.05, 4.69) is 9.88 Å². The molecule has 1 aromatic heterocycles. The van der Waals surface area contributed by atoms with E-state index in [1.165, 1.54) is 41.3 Å². The topological polar surface area (TPSA) is 106 Å². The molecule has 1 aliphatic rings. The number of benzene rings is 2. The molecule has 4 rings (SSSR count). The molecule has 0 N–H and O–H groups in total. The summed E-state index contributed by atoms with van der Waals surface area (Å²) >= 11 is 2.64. The molecule has 0 saturated carbocycles. The molecule has 34 heavy (non-hydrogen) atoms. The number of ether oxygens (including phenoxy) is 1. The maximum Gasteiger partial charge on any atom is 0.340 e. The molecule has 0 aliphatic carbocycles. The van der Waals surface area contributed by atoms with Crippen molar-refractivity contribution in [3.63, 3.8) is 0 Å². The summed E-state index contributed by atoms with van der Waals surface area (Å²) in [6, 6.07) is 14.0. The van der Waals surface area contributed by atoms with E-state index < -0.39 is 17.5 Å². The number of nitro groups is 1. The number of thiazole rings is 1. The van der Waals surface area contributed by atoms with Gasteiger partial charge in [-0.3, -0.25) is 14.9 Å². The van der Waals surface area contributed by atoms with E-state index in [1.54, 1.807) is 4.90 Å². The number of carbonyl (C=O) groups excluding carboxylic acids is 2. The fourth-order valence-electron chi connectivity index (χ4n) is 3.50. The molecule has 1 amide bonds. The Morgan fingerprint density at radius 3 is 2.53 bits per heavy atom. The molecule has 1 saturated heterocycles. The Morgan fingerprint density at radius 2 is 1.88 bits per heavy atom. The van der Waals surface area contributed by atoms with Gasteiger partial charge in [-0.1, -0.05) is 30.0 Å². The molecule has 0 radical (unpaired) electrons. The summed E-state index contributed by atoms with van der Waals surface area (Å²) in [5.41, 5.74) is 1.76. The van der Waals surface area contributed by atoms with Crippen LogP contribution in [0.1, 0.15) is 16.1 Å². The van der Waals surface area contributed by atoms with E-state index in [4.69, 9.17) is 4.74 Å². The summed E-state index contributed by atoms with van der Waals surface area (Å²) in [4.78, 5) is 44.8. The van der Waals surface area contributed by atoms with Gasteiger partial charge in [0, 0.05) is 60.0 Å². The average molecular weight is 499 g/mol. The van der Waals surface area contributed by atoms with E-state index in [0.717, 1.165) is 11.4 Å². The van der Waals surface area contributed by atoms with Crippen molar-refractivity contribution in [1.82, 2.24) is 9.88 Å². The van der Waals surface area contributed by atoms with Crippen molar-refractivity contribution in [2.75, 3.05) is 37.7 Å². The molecule has 3 aromatic rings. The molecule has 0 spiro atoms. The van der Waals surface area contributed by atoms with Crippen LogP contribution in [0, 0.1) is 17.0 Å². The second-order valence-corrected chi connectivity index (χ2v) is 9.72. The monoisotopic (exact) mass is 498 g/mol. The minimum Gasteiger partial charge on any atom is -0.452 e. The third kappa shape index (κ3) is 5.72. The first-order valence-corrected chi connectivity index (χ1v) is 12.2. The quantitative estimate of drug-likeness (QED) is 0.273. The molecular formula is C23H22N4O5S2. The van der Waals surface area contributed by atoms with Gasteiger partial charge in [0.05, 0.1) is 10.5 Å². The third-order valence-electron chi connectivity index (χ3n) is 5.27. The lowest BCUT2D eigenvalue weighted by Gasteiger charge is -2.36. The van der Waals surface area contributed by atoms with Crippen molar-refractivity contribution in [1.29, 1.82) is 0 Å². The summed E-state index contributed by atoms with van der Waals surface area (Å²) in [7, 11) is 0. The molecule has 1 fully saturated rings. The molecule has 0 atom stereocenters. The Morgan fingerprint density at radius 1 is 1.15 bits per heavy atom. The van der Waals surface area contributed by atoms with Crippen molar-refractivity contribution in [3.05, 3.63) is 75.3 Å².